The fourth-order valence-electron chi connectivity index (χ4n) is 4.52. The second kappa shape index (κ2) is 15.5. The number of benzene rings is 4. The Labute approximate surface area is 262 Å². The van der Waals surface area contributed by atoms with Crippen molar-refractivity contribution >= 4 is 45.4 Å². The van der Waals surface area contributed by atoms with E-state index in [2.05, 4.69) is 9.80 Å². The summed E-state index contributed by atoms with van der Waals surface area (Å²) in [6, 6.07) is 17.4. The Hall–Kier alpha value is -3.76. The maximum atomic E-state index is 10.6. The Morgan fingerprint density at radius 3 is 0.738 bits per heavy atom. The first-order valence-corrected chi connectivity index (χ1v) is 12.5. The zero-order valence-electron chi connectivity index (χ0n) is 21.9. The van der Waals surface area contributed by atoms with Crippen LogP contribution in [0.4, 0.5) is 0 Å². The molecular weight excluding hydrogens is 643 g/mol. The first kappa shape index (κ1) is 34.4. The van der Waals surface area contributed by atoms with Crippen molar-refractivity contribution in [3.8, 4) is 0 Å². The number of hydrogen-bond acceptors (Lipinski definition) is 10. The van der Waals surface area contributed by atoms with Crippen LogP contribution in [0.3, 0.4) is 0 Å². The quantitative estimate of drug-likeness (QED) is 0.240. The number of hydrogen-bond donors (Lipinski definition) is 0. The van der Waals surface area contributed by atoms with Gasteiger partial charge in [0, 0.05) is 39.3 Å². The standard InChI is InChI=1S/2C12H8O4.C6H12N2.2Cu/c2*13-11(14)9-3-1-7-5-10(12(15)16)4-2-8(7)6-9;1-2-8-5-3-7(1)4-6-8;;/h2*1-6H,(H,13,14)(H,15,16);1-6H2;;/q;;;2*+2/p-4. The van der Waals surface area contributed by atoms with Gasteiger partial charge in [0.15, 0.2) is 0 Å². The van der Waals surface area contributed by atoms with E-state index in [1.807, 2.05) is 0 Å². The average molecular weight is 668 g/mol. The van der Waals surface area contributed by atoms with E-state index in [1.165, 1.54) is 112 Å². The van der Waals surface area contributed by atoms with E-state index in [0.29, 0.717) is 21.5 Å². The number of carbonyl (C=O) groups excluding carboxylic acids is 4. The smallest absolute Gasteiger partial charge is 0.545 e. The molecule has 3 heterocycles. The zero-order chi connectivity index (χ0) is 28.8. The molecule has 0 aliphatic carbocycles. The van der Waals surface area contributed by atoms with Crippen LogP contribution < -0.4 is 20.4 Å². The third kappa shape index (κ3) is 8.87. The van der Waals surface area contributed by atoms with Crippen molar-refractivity contribution in [2.45, 2.75) is 0 Å². The predicted molar refractivity (Wildman–Crippen MR) is 138 cm³/mol. The summed E-state index contributed by atoms with van der Waals surface area (Å²) in [7, 11) is 0. The van der Waals surface area contributed by atoms with Crippen LogP contribution in [0.25, 0.3) is 21.5 Å². The molecule has 3 fully saturated rings. The van der Waals surface area contributed by atoms with Gasteiger partial charge in [0.2, 0.25) is 0 Å². The van der Waals surface area contributed by atoms with E-state index >= 15 is 0 Å². The summed E-state index contributed by atoms with van der Waals surface area (Å²) in [6.45, 7) is 7.92. The Kier molecular flexibility index (Phi) is 12.7. The average Bonchev–Trinajstić information content (AvgIpc) is 2.97. The van der Waals surface area contributed by atoms with Gasteiger partial charge >= 0.3 is 34.1 Å². The van der Waals surface area contributed by atoms with Gasteiger partial charge < -0.3 is 39.6 Å². The Bertz CT molecular complexity index is 1370. The van der Waals surface area contributed by atoms with Gasteiger partial charge in [0.1, 0.15) is 0 Å². The van der Waals surface area contributed by atoms with Crippen LogP contribution in [0, 0.1) is 0 Å². The minimum absolute atomic E-state index is 0. The number of carboxylic acids is 4. The molecule has 42 heavy (non-hydrogen) atoms. The van der Waals surface area contributed by atoms with Crippen LogP contribution in [-0.4, -0.2) is 72.9 Å². The molecule has 0 saturated carbocycles. The minimum atomic E-state index is -1.26. The molecule has 0 unspecified atom stereocenters. The topological polar surface area (TPSA) is 167 Å². The molecule has 7 rings (SSSR count). The Balaban J connectivity index is 0.000000225. The molecule has 0 spiro atoms. The molecule has 2 radical (unpaired) electrons. The van der Waals surface area contributed by atoms with Crippen molar-refractivity contribution in [3.05, 3.63) is 95.1 Å². The van der Waals surface area contributed by atoms with E-state index in [0.717, 1.165) is 0 Å². The summed E-state index contributed by atoms with van der Waals surface area (Å²) < 4.78 is 0. The van der Waals surface area contributed by atoms with E-state index < -0.39 is 23.9 Å². The molecule has 0 atom stereocenters. The van der Waals surface area contributed by atoms with Crippen LogP contribution in [0.5, 0.6) is 0 Å². The van der Waals surface area contributed by atoms with Gasteiger partial charge in [0.05, 0.1) is 23.9 Å². The van der Waals surface area contributed by atoms with Crippen molar-refractivity contribution in [2.75, 3.05) is 39.3 Å². The van der Waals surface area contributed by atoms with Crippen LogP contribution in [0.2, 0.25) is 0 Å². The third-order valence-corrected chi connectivity index (χ3v) is 6.82. The number of piperazine rings is 3. The summed E-state index contributed by atoms with van der Waals surface area (Å²) in [5.74, 6) is -5.03. The molecule has 0 N–H and O–H groups in total. The fraction of sp³-hybridized carbons (Fsp3) is 0.200. The Morgan fingerprint density at radius 2 is 0.595 bits per heavy atom. The number of aromatic carboxylic acids is 4. The van der Waals surface area contributed by atoms with Crippen molar-refractivity contribution in [2.24, 2.45) is 0 Å². The van der Waals surface area contributed by atoms with E-state index in [9.17, 15) is 39.6 Å². The van der Waals surface area contributed by atoms with Crippen LogP contribution in [-0.2, 0) is 34.1 Å². The van der Waals surface area contributed by atoms with Gasteiger partial charge in [-0.25, -0.2) is 0 Å². The molecule has 3 saturated heterocycles. The molecule has 0 amide bonds. The number of nitrogens with zero attached hydrogens (tertiary/aromatic N) is 2. The van der Waals surface area contributed by atoms with Gasteiger partial charge in [-0.3, -0.25) is 9.80 Å². The van der Waals surface area contributed by atoms with E-state index in [4.69, 9.17) is 0 Å². The van der Waals surface area contributed by atoms with E-state index in [1.54, 1.807) is 0 Å². The molecule has 224 valence electrons. The second-order valence-corrected chi connectivity index (χ2v) is 9.39. The summed E-state index contributed by atoms with van der Waals surface area (Å²) >= 11 is 0. The number of carbonyl (C=O) groups is 4. The molecule has 3 aliphatic rings. The number of fused-ring (bicyclic) bond motifs is 5. The minimum Gasteiger partial charge on any atom is -0.545 e. The van der Waals surface area contributed by atoms with Crippen molar-refractivity contribution < 1.29 is 73.7 Å². The first-order valence-electron chi connectivity index (χ1n) is 12.5. The molecule has 2 bridgehead atoms. The number of rotatable bonds is 4. The third-order valence-electron chi connectivity index (χ3n) is 6.82. The summed E-state index contributed by atoms with van der Waals surface area (Å²) in [5, 5.41) is 45.0. The zero-order valence-corrected chi connectivity index (χ0v) is 23.8. The van der Waals surface area contributed by atoms with Crippen molar-refractivity contribution in [1.82, 2.24) is 9.80 Å². The van der Waals surface area contributed by atoms with Gasteiger partial charge in [-0.15, -0.1) is 0 Å². The maximum Gasteiger partial charge on any atom is 2.00 e. The van der Waals surface area contributed by atoms with Gasteiger partial charge in [-0.05, 0) is 68.1 Å². The number of carboxylic acid groups (broad SMARTS) is 4. The SMILES string of the molecule is C1CN2CCN1CC2.O=C([O-])c1ccc2cc(C(=O)[O-])ccc2c1.O=C([O-])c1ccc2cc(C(=O)[O-])ccc2c1.[Cu+2].[Cu+2]. The van der Waals surface area contributed by atoms with Crippen molar-refractivity contribution in [1.29, 1.82) is 0 Å². The molecule has 12 heteroatoms. The van der Waals surface area contributed by atoms with Gasteiger partial charge in [-0.1, -0.05) is 48.5 Å². The summed E-state index contributed by atoms with van der Waals surface area (Å²) in [5.41, 5.74) is 0.254. The normalized spacial score (nSPS) is 16.4. The monoisotopic (exact) mass is 666 g/mol. The van der Waals surface area contributed by atoms with Crippen molar-refractivity contribution in [3.63, 3.8) is 0 Å². The van der Waals surface area contributed by atoms with Crippen LogP contribution >= 0.6 is 0 Å². The molecule has 0 aromatic heterocycles. The second-order valence-electron chi connectivity index (χ2n) is 9.39. The van der Waals surface area contributed by atoms with Crippen LogP contribution in [0.1, 0.15) is 41.4 Å². The Morgan fingerprint density at radius 1 is 0.405 bits per heavy atom. The predicted octanol–water partition coefficient (Wildman–Crippen LogP) is -1.25. The van der Waals surface area contributed by atoms with Crippen LogP contribution in [0.15, 0.2) is 72.8 Å². The first-order chi connectivity index (χ1) is 19.1. The van der Waals surface area contributed by atoms with Gasteiger partial charge in [-0.2, -0.15) is 0 Å². The molecule has 4 aromatic rings. The fourth-order valence-corrected chi connectivity index (χ4v) is 4.52. The molecule has 10 nitrogen and oxygen atoms in total. The summed E-state index contributed by atoms with van der Waals surface area (Å²) in [4.78, 5) is 47.5. The molecule has 3 aliphatic heterocycles. The van der Waals surface area contributed by atoms with E-state index in [-0.39, 0.29) is 56.4 Å². The molecule has 4 aromatic carbocycles. The van der Waals surface area contributed by atoms with Gasteiger partial charge in [0.25, 0.3) is 0 Å². The molecular formula is C30H24Cu2N2O8. The maximum absolute atomic E-state index is 10.6. The summed E-state index contributed by atoms with van der Waals surface area (Å²) in [6.07, 6.45) is 0. The largest absolute Gasteiger partial charge is 2.00 e.